The minimum absolute atomic E-state index is 0.162. The molecule has 2 rings (SSSR count). The zero-order valence-corrected chi connectivity index (χ0v) is 8.92. The molecule has 0 atom stereocenters. The van der Waals surface area contributed by atoms with Gasteiger partial charge in [-0.1, -0.05) is 18.2 Å². The fourth-order valence-electron chi connectivity index (χ4n) is 1.52. The van der Waals surface area contributed by atoms with E-state index in [2.05, 4.69) is 5.10 Å². The third kappa shape index (κ3) is 1.87. The zero-order chi connectivity index (χ0) is 11.5. The van der Waals surface area contributed by atoms with Crippen LogP contribution in [0.3, 0.4) is 0 Å². The Morgan fingerprint density at radius 3 is 2.62 bits per heavy atom. The van der Waals surface area contributed by atoms with Crippen LogP contribution in [0.1, 0.15) is 11.4 Å². The molecular weight excluding hydrogens is 204 g/mol. The quantitative estimate of drug-likeness (QED) is 0.815. The van der Waals surface area contributed by atoms with Gasteiger partial charge in [0, 0.05) is 11.8 Å². The minimum atomic E-state index is -0.341. The topological polar surface area (TPSA) is 55.1 Å². The fourth-order valence-corrected chi connectivity index (χ4v) is 1.52. The van der Waals surface area contributed by atoms with Gasteiger partial charge in [-0.05, 0) is 19.1 Å². The lowest BCUT2D eigenvalue weighted by Crippen LogP contribution is -2.18. The van der Waals surface area contributed by atoms with Crippen molar-refractivity contribution in [3.8, 4) is 5.69 Å². The van der Waals surface area contributed by atoms with Crippen LogP contribution in [0.4, 0.5) is 0 Å². The number of aromatic nitrogens is 2. The average Bonchev–Trinajstić information content (AvgIpc) is 2.30. The fraction of sp³-hybridized carbons (Fsp3) is 0.167. The van der Waals surface area contributed by atoms with Crippen LogP contribution in [0, 0.1) is 6.92 Å². The van der Waals surface area contributed by atoms with Crippen LogP contribution >= 0.6 is 0 Å². The molecule has 2 aromatic rings. The van der Waals surface area contributed by atoms with Gasteiger partial charge in [0.05, 0.1) is 12.3 Å². The second-order valence-electron chi connectivity index (χ2n) is 3.50. The number of aryl methyl sites for hydroxylation is 1. The molecule has 1 heterocycles. The van der Waals surface area contributed by atoms with E-state index in [4.69, 9.17) is 5.11 Å². The van der Waals surface area contributed by atoms with E-state index in [0.29, 0.717) is 0 Å². The molecule has 1 aromatic heterocycles. The summed E-state index contributed by atoms with van der Waals surface area (Å²) in [5.41, 5.74) is 1.55. The second kappa shape index (κ2) is 4.28. The number of benzene rings is 1. The van der Waals surface area contributed by atoms with Gasteiger partial charge < -0.3 is 5.11 Å². The summed E-state index contributed by atoms with van der Waals surface area (Å²) in [6.07, 6.45) is 0. The van der Waals surface area contributed by atoms with Crippen molar-refractivity contribution in [2.75, 3.05) is 0 Å². The maximum absolute atomic E-state index is 11.4. The smallest absolute Gasteiger partial charge is 0.206 e. The van der Waals surface area contributed by atoms with Crippen LogP contribution in [0.15, 0.2) is 41.2 Å². The Morgan fingerprint density at radius 2 is 2.00 bits per heavy atom. The molecule has 0 fully saturated rings. The van der Waals surface area contributed by atoms with Gasteiger partial charge >= 0.3 is 0 Å². The SMILES string of the molecule is Cc1cc(=O)c(CO)nn1-c1ccccc1. The predicted molar refractivity (Wildman–Crippen MR) is 60.5 cm³/mol. The highest BCUT2D eigenvalue weighted by atomic mass is 16.3. The van der Waals surface area contributed by atoms with E-state index in [9.17, 15) is 4.79 Å². The van der Waals surface area contributed by atoms with Crippen LogP contribution in [-0.2, 0) is 6.61 Å². The van der Waals surface area contributed by atoms with Gasteiger partial charge in [-0.3, -0.25) is 4.79 Å². The van der Waals surface area contributed by atoms with E-state index < -0.39 is 0 Å². The molecule has 1 N–H and O–H groups in total. The Morgan fingerprint density at radius 1 is 1.31 bits per heavy atom. The summed E-state index contributed by atoms with van der Waals surface area (Å²) >= 11 is 0. The molecule has 16 heavy (non-hydrogen) atoms. The minimum Gasteiger partial charge on any atom is -0.390 e. The summed E-state index contributed by atoms with van der Waals surface area (Å²) in [5, 5.41) is 13.1. The first-order valence-corrected chi connectivity index (χ1v) is 4.98. The molecule has 0 radical (unpaired) electrons. The summed E-state index contributed by atoms with van der Waals surface area (Å²) in [7, 11) is 0. The van der Waals surface area contributed by atoms with Crippen molar-refractivity contribution in [2.24, 2.45) is 0 Å². The van der Waals surface area contributed by atoms with Crippen molar-refractivity contribution in [2.45, 2.75) is 13.5 Å². The second-order valence-corrected chi connectivity index (χ2v) is 3.50. The van der Waals surface area contributed by atoms with E-state index in [1.54, 1.807) is 4.68 Å². The number of aliphatic hydroxyl groups is 1. The Balaban J connectivity index is 2.62. The molecule has 0 saturated carbocycles. The van der Waals surface area contributed by atoms with Crippen molar-refractivity contribution >= 4 is 0 Å². The number of rotatable bonds is 2. The number of hydrogen-bond donors (Lipinski definition) is 1. The Kier molecular flexibility index (Phi) is 2.83. The van der Waals surface area contributed by atoms with Crippen LogP contribution < -0.4 is 5.43 Å². The number of nitrogens with zero attached hydrogens (tertiary/aromatic N) is 2. The van der Waals surface area contributed by atoms with Gasteiger partial charge in [0.2, 0.25) is 5.43 Å². The molecule has 0 unspecified atom stereocenters. The van der Waals surface area contributed by atoms with Gasteiger partial charge in [0.25, 0.3) is 0 Å². The summed E-state index contributed by atoms with van der Waals surface area (Å²) in [5.74, 6) is 0. The standard InChI is InChI=1S/C12H12N2O2/c1-9-7-12(16)11(8-15)13-14(9)10-5-3-2-4-6-10/h2-7,15H,8H2,1H3. The molecule has 0 spiro atoms. The van der Waals surface area contributed by atoms with E-state index in [0.717, 1.165) is 11.4 Å². The maximum Gasteiger partial charge on any atom is 0.206 e. The summed E-state index contributed by atoms with van der Waals surface area (Å²) < 4.78 is 1.65. The Labute approximate surface area is 92.8 Å². The third-order valence-electron chi connectivity index (χ3n) is 2.33. The Bertz CT molecular complexity index is 547. The largest absolute Gasteiger partial charge is 0.390 e. The molecule has 0 bridgehead atoms. The van der Waals surface area contributed by atoms with Crippen LogP contribution in [0.25, 0.3) is 5.69 Å². The van der Waals surface area contributed by atoms with Gasteiger partial charge in [-0.25, -0.2) is 4.68 Å². The average molecular weight is 216 g/mol. The van der Waals surface area contributed by atoms with Crippen LogP contribution in [0.2, 0.25) is 0 Å². The predicted octanol–water partition coefficient (Wildman–Crippen LogP) is 1.03. The van der Waals surface area contributed by atoms with E-state index in [1.807, 2.05) is 37.3 Å². The van der Waals surface area contributed by atoms with E-state index in [-0.39, 0.29) is 17.7 Å². The summed E-state index contributed by atoms with van der Waals surface area (Å²) in [4.78, 5) is 11.4. The van der Waals surface area contributed by atoms with Crippen molar-refractivity contribution in [3.63, 3.8) is 0 Å². The van der Waals surface area contributed by atoms with Gasteiger partial charge in [-0.15, -0.1) is 0 Å². The molecule has 0 aliphatic heterocycles. The first-order valence-electron chi connectivity index (χ1n) is 4.98. The number of aliphatic hydroxyl groups excluding tert-OH is 1. The first-order chi connectivity index (χ1) is 7.72. The third-order valence-corrected chi connectivity index (χ3v) is 2.33. The highest BCUT2D eigenvalue weighted by Crippen LogP contribution is 2.07. The van der Waals surface area contributed by atoms with Crippen molar-refractivity contribution in [1.82, 2.24) is 9.78 Å². The maximum atomic E-state index is 11.4. The zero-order valence-electron chi connectivity index (χ0n) is 8.92. The van der Waals surface area contributed by atoms with Crippen molar-refractivity contribution in [3.05, 3.63) is 58.0 Å². The molecule has 1 aromatic carbocycles. The molecular formula is C12H12N2O2. The molecule has 0 aliphatic carbocycles. The monoisotopic (exact) mass is 216 g/mol. The summed E-state index contributed by atoms with van der Waals surface area (Å²) in [6.45, 7) is 1.47. The van der Waals surface area contributed by atoms with Crippen molar-refractivity contribution < 1.29 is 5.11 Å². The molecule has 0 aliphatic rings. The van der Waals surface area contributed by atoms with Crippen LogP contribution in [-0.4, -0.2) is 14.9 Å². The van der Waals surface area contributed by atoms with E-state index in [1.165, 1.54) is 6.07 Å². The Hall–Kier alpha value is -1.94. The normalized spacial score (nSPS) is 10.4. The molecule has 4 heteroatoms. The van der Waals surface area contributed by atoms with E-state index >= 15 is 0 Å². The molecule has 82 valence electrons. The first kappa shape index (κ1) is 10.6. The summed E-state index contributed by atoms with van der Waals surface area (Å²) in [6, 6.07) is 11.0. The molecule has 0 amide bonds. The van der Waals surface area contributed by atoms with Gasteiger partial charge in [0.15, 0.2) is 0 Å². The molecule has 4 nitrogen and oxygen atoms in total. The number of hydrogen-bond acceptors (Lipinski definition) is 3. The highest BCUT2D eigenvalue weighted by molar-refractivity contribution is 5.32. The lowest BCUT2D eigenvalue weighted by Gasteiger charge is -2.09. The van der Waals surface area contributed by atoms with Gasteiger partial charge in [-0.2, -0.15) is 5.10 Å². The lowest BCUT2D eigenvalue weighted by atomic mass is 10.3. The van der Waals surface area contributed by atoms with Gasteiger partial charge in [0.1, 0.15) is 5.69 Å². The lowest BCUT2D eigenvalue weighted by molar-refractivity contribution is 0.273. The number of para-hydroxylation sites is 1. The molecule has 0 saturated heterocycles. The van der Waals surface area contributed by atoms with Crippen LogP contribution in [0.5, 0.6) is 0 Å². The van der Waals surface area contributed by atoms with Crippen molar-refractivity contribution in [1.29, 1.82) is 0 Å². The highest BCUT2D eigenvalue weighted by Gasteiger charge is 2.05.